The number of amides is 3. The van der Waals surface area contributed by atoms with Crippen LogP contribution in [0.4, 0.5) is 4.79 Å². The van der Waals surface area contributed by atoms with Gasteiger partial charge in [0.05, 0.1) is 0 Å². The normalized spacial score (nSPS) is 9.61. The Morgan fingerprint density at radius 1 is 1.33 bits per heavy atom. The number of urea groups is 1. The Balaban J connectivity index is 4.06. The summed E-state index contributed by atoms with van der Waals surface area (Å²) in [4.78, 5) is 34.8. The molecule has 0 rings (SSSR count). The number of hydrogen-bond acceptors (Lipinski definition) is 3. The fourth-order valence-corrected chi connectivity index (χ4v) is 1.36. The third-order valence-corrected chi connectivity index (χ3v) is 2.17. The van der Waals surface area contributed by atoms with Gasteiger partial charge < -0.3 is 10.0 Å². The third-order valence-electron chi connectivity index (χ3n) is 2.17. The van der Waals surface area contributed by atoms with Crippen molar-refractivity contribution in [1.29, 1.82) is 0 Å². The Kier molecular flexibility index (Phi) is 8.26. The Bertz CT molecular complexity index is 315. The van der Waals surface area contributed by atoms with Gasteiger partial charge in [0, 0.05) is 25.9 Å². The number of carbonyl (C=O) groups is 3. The van der Waals surface area contributed by atoms with Crippen molar-refractivity contribution in [2.45, 2.75) is 32.6 Å². The monoisotopic (exact) mass is 256 g/mol. The topological polar surface area (TPSA) is 86.7 Å². The minimum absolute atomic E-state index is 0.0338. The van der Waals surface area contributed by atoms with Gasteiger partial charge in [-0.15, -0.1) is 6.58 Å². The molecule has 0 aliphatic heterocycles. The number of nitrogens with one attached hydrogen (secondary N) is 1. The summed E-state index contributed by atoms with van der Waals surface area (Å²) in [6, 6.07) is -0.461. The van der Waals surface area contributed by atoms with Gasteiger partial charge >= 0.3 is 12.0 Å². The molecule has 102 valence electrons. The van der Waals surface area contributed by atoms with Gasteiger partial charge in [-0.2, -0.15) is 0 Å². The Morgan fingerprint density at radius 2 is 2.00 bits per heavy atom. The second kappa shape index (κ2) is 9.21. The van der Waals surface area contributed by atoms with Crippen molar-refractivity contribution in [2.24, 2.45) is 0 Å². The summed E-state index contributed by atoms with van der Waals surface area (Å²) in [6.45, 7) is 6.39. The number of carboxylic acids is 1. The Labute approximate surface area is 107 Å². The number of hydrogen-bond donors (Lipinski definition) is 2. The summed E-state index contributed by atoms with van der Waals surface area (Å²) in [5.74, 6) is -1.40. The van der Waals surface area contributed by atoms with Crippen molar-refractivity contribution < 1.29 is 19.5 Å². The van der Waals surface area contributed by atoms with E-state index in [2.05, 4.69) is 11.9 Å². The molecule has 0 aliphatic rings. The Hall–Kier alpha value is -1.85. The zero-order chi connectivity index (χ0) is 14.0. The van der Waals surface area contributed by atoms with Crippen LogP contribution in [0.2, 0.25) is 0 Å². The lowest BCUT2D eigenvalue weighted by Crippen LogP contribution is -2.43. The SMILES string of the molecule is C=CCN(CCC)C(=O)NC(=O)CCCC(=O)O. The lowest BCUT2D eigenvalue weighted by Gasteiger charge is -2.20. The standard InChI is InChI=1S/C12H20N2O4/c1-3-8-14(9-4-2)12(18)13-10(15)6-5-7-11(16)17/h3H,1,4-9H2,2H3,(H,16,17)(H,13,15,18). The van der Waals surface area contributed by atoms with E-state index < -0.39 is 17.9 Å². The quantitative estimate of drug-likeness (QED) is 0.642. The van der Waals surface area contributed by atoms with Gasteiger partial charge in [0.25, 0.3) is 0 Å². The van der Waals surface area contributed by atoms with Gasteiger partial charge in [-0.3, -0.25) is 14.9 Å². The van der Waals surface area contributed by atoms with Gasteiger partial charge in [-0.25, -0.2) is 4.79 Å². The predicted octanol–water partition coefficient (Wildman–Crippen LogP) is 1.38. The van der Waals surface area contributed by atoms with Crippen molar-refractivity contribution >= 4 is 17.9 Å². The largest absolute Gasteiger partial charge is 0.481 e. The second-order valence-corrected chi connectivity index (χ2v) is 3.84. The van der Waals surface area contributed by atoms with Crippen LogP contribution < -0.4 is 5.32 Å². The molecular formula is C12H20N2O4. The van der Waals surface area contributed by atoms with Crippen molar-refractivity contribution in [1.82, 2.24) is 10.2 Å². The molecule has 0 spiro atoms. The van der Waals surface area contributed by atoms with E-state index in [1.54, 1.807) is 6.08 Å². The highest BCUT2D eigenvalue weighted by Crippen LogP contribution is 1.97. The molecule has 0 aromatic heterocycles. The molecular weight excluding hydrogens is 236 g/mol. The Morgan fingerprint density at radius 3 is 2.50 bits per heavy atom. The van der Waals surface area contributed by atoms with Crippen LogP contribution in [-0.4, -0.2) is 41.0 Å². The number of carbonyl (C=O) groups excluding carboxylic acids is 2. The molecule has 0 fully saturated rings. The van der Waals surface area contributed by atoms with Crippen LogP contribution >= 0.6 is 0 Å². The van der Waals surface area contributed by atoms with Crippen LogP contribution in [0.25, 0.3) is 0 Å². The van der Waals surface area contributed by atoms with E-state index in [4.69, 9.17) is 5.11 Å². The van der Waals surface area contributed by atoms with Crippen LogP contribution in [0.1, 0.15) is 32.6 Å². The third kappa shape index (κ3) is 7.43. The second-order valence-electron chi connectivity index (χ2n) is 3.84. The van der Waals surface area contributed by atoms with E-state index in [0.29, 0.717) is 13.1 Å². The molecule has 0 aromatic rings. The zero-order valence-corrected chi connectivity index (χ0v) is 10.6. The molecule has 0 aliphatic carbocycles. The van der Waals surface area contributed by atoms with E-state index in [1.165, 1.54) is 4.90 Å². The van der Waals surface area contributed by atoms with E-state index in [-0.39, 0.29) is 19.3 Å². The molecule has 0 saturated carbocycles. The van der Waals surface area contributed by atoms with Gasteiger partial charge in [0.15, 0.2) is 0 Å². The van der Waals surface area contributed by atoms with Crippen LogP contribution in [-0.2, 0) is 9.59 Å². The van der Waals surface area contributed by atoms with E-state index in [9.17, 15) is 14.4 Å². The fourth-order valence-electron chi connectivity index (χ4n) is 1.36. The molecule has 0 atom stereocenters. The van der Waals surface area contributed by atoms with Gasteiger partial charge in [-0.05, 0) is 12.8 Å². The van der Waals surface area contributed by atoms with Crippen molar-refractivity contribution in [3.63, 3.8) is 0 Å². The average Bonchev–Trinajstić information content (AvgIpc) is 2.28. The highest BCUT2D eigenvalue weighted by molar-refractivity contribution is 5.94. The first-order chi connectivity index (χ1) is 8.51. The molecule has 0 radical (unpaired) electrons. The van der Waals surface area contributed by atoms with E-state index >= 15 is 0 Å². The molecule has 6 heteroatoms. The molecule has 0 bridgehead atoms. The summed E-state index contributed by atoms with van der Waals surface area (Å²) in [6.07, 6.45) is 2.56. The molecule has 0 unspecified atom stereocenters. The first-order valence-corrected chi connectivity index (χ1v) is 5.92. The predicted molar refractivity (Wildman–Crippen MR) is 67.1 cm³/mol. The fraction of sp³-hybridized carbons (Fsp3) is 0.583. The van der Waals surface area contributed by atoms with Crippen molar-refractivity contribution in [3.8, 4) is 0 Å². The lowest BCUT2D eigenvalue weighted by atomic mass is 10.2. The highest BCUT2D eigenvalue weighted by atomic mass is 16.4. The molecule has 0 aromatic carbocycles. The number of aliphatic carboxylic acids is 1. The van der Waals surface area contributed by atoms with Gasteiger partial charge in [0.2, 0.25) is 5.91 Å². The summed E-state index contributed by atoms with van der Waals surface area (Å²) in [5.41, 5.74) is 0. The number of carboxylic acid groups (broad SMARTS) is 1. The minimum Gasteiger partial charge on any atom is -0.481 e. The first-order valence-electron chi connectivity index (χ1n) is 5.92. The van der Waals surface area contributed by atoms with E-state index in [1.807, 2.05) is 6.92 Å². The number of nitrogens with zero attached hydrogens (tertiary/aromatic N) is 1. The maximum Gasteiger partial charge on any atom is 0.324 e. The van der Waals surface area contributed by atoms with Gasteiger partial charge in [-0.1, -0.05) is 13.0 Å². The van der Waals surface area contributed by atoms with Crippen LogP contribution in [0.15, 0.2) is 12.7 Å². The van der Waals surface area contributed by atoms with Crippen LogP contribution in [0.3, 0.4) is 0 Å². The molecule has 0 heterocycles. The molecule has 18 heavy (non-hydrogen) atoms. The molecule has 2 N–H and O–H groups in total. The van der Waals surface area contributed by atoms with Crippen LogP contribution in [0, 0.1) is 0 Å². The summed E-state index contributed by atoms with van der Waals surface area (Å²) >= 11 is 0. The lowest BCUT2D eigenvalue weighted by molar-refractivity contribution is -0.137. The summed E-state index contributed by atoms with van der Waals surface area (Å²) in [7, 11) is 0. The number of imide groups is 1. The highest BCUT2D eigenvalue weighted by Gasteiger charge is 2.14. The van der Waals surface area contributed by atoms with Crippen molar-refractivity contribution in [2.75, 3.05) is 13.1 Å². The molecule has 0 saturated heterocycles. The summed E-state index contributed by atoms with van der Waals surface area (Å²) < 4.78 is 0. The maximum atomic E-state index is 11.7. The average molecular weight is 256 g/mol. The smallest absolute Gasteiger partial charge is 0.324 e. The summed E-state index contributed by atoms with van der Waals surface area (Å²) in [5, 5.41) is 10.6. The maximum absolute atomic E-state index is 11.7. The van der Waals surface area contributed by atoms with Crippen molar-refractivity contribution in [3.05, 3.63) is 12.7 Å². The molecule has 3 amide bonds. The minimum atomic E-state index is -0.951. The number of rotatable bonds is 8. The zero-order valence-electron chi connectivity index (χ0n) is 10.6. The molecule has 6 nitrogen and oxygen atoms in total. The van der Waals surface area contributed by atoms with Crippen LogP contribution in [0.5, 0.6) is 0 Å². The first kappa shape index (κ1) is 16.1. The van der Waals surface area contributed by atoms with Gasteiger partial charge in [0.1, 0.15) is 0 Å². The van der Waals surface area contributed by atoms with E-state index in [0.717, 1.165) is 6.42 Å².